The Morgan fingerprint density at radius 2 is 2.00 bits per heavy atom. The molecule has 1 rings (SSSR count). The van der Waals surface area contributed by atoms with Crippen molar-refractivity contribution in [1.29, 1.82) is 0 Å². The Labute approximate surface area is 106 Å². The number of nitrogens with two attached hydrogens (primary N) is 1. The number of aromatic nitrogens is 1. The second-order valence-electron chi connectivity index (χ2n) is 4.00. The summed E-state index contributed by atoms with van der Waals surface area (Å²) >= 11 is 1.09. The van der Waals surface area contributed by atoms with Gasteiger partial charge in [0, 0.05) is 6.54 Å². The van der Waals surface area contributed by atoms with Gasteiger partial charge in [0.2, 0.25) is 10.0 Å². The number of nitrogens with zero attached hydrogens (tertiary/aromatic N) is 1. The Balaban J connectivity index is 2.75. The first-order chi connectivity index (χ1) is 7.88. The molecule has 5 nitrogen and oxygen atoms in total. The third kappa shape index (κ3) is 3.93. The molecule has 0 aliphatic heterocycles. The van der Waals surface area contributed by atoms with E-state index in [4.69, 9.17) is 5.14 Å². The second-order valence-corrected chi connectivity index (χ2v) is 6.76. The molecular weight excluding hydrogens is 258 g/mol. The molecule has 0 saturated heterocycles. The minimum atomic E-state index is -3.65. The molecule has 98 valence electrons. The molecule has 1 heterocycles. The molecule has 0 atom stereocenters. The zero-order chi connectivity index (χ0) is 13.1. The highest BCUT2D eigenvalue weighted by molar-refractivity contribution is 7.91. The molecule has 0 saturated carbocycles. The molecule has 1 aromatic heterocycles. The van der Waals surface area contributed by atoms with Crippen LogP contribution in [0, 0.1) is 12.8 Å². The summed E-state index contributed by atoms with van der Waals surface area (Å²) in [4.78, 5) is 4.17. The minimum Gasteiger partial charge on any atom is -0.361 e. The van der Waals surface area contributed by atoms with Crippen LogP contribution in [0.2, 0.25) is 0 Å². The molecule has 3 N–H and O–H groups in total. The Kier molecular flexibility index (Phi) is 4.91. The van der Waals surface area contributed by atoms with Crippen LogP contribution >= 0.6 is 11.3 Å². The molecular formula is C10H19N3O2S2. The van der Waals surface area contributed by atoms with Crippen LogP contribution < -0.4 is 10.5 Å². The number of thiazole rings is 1. The van der Waals surface area contributed by atoms with Crippen LogP contribution in [0.4, 0.5) is 5.13 Å². The average molecular weight is 277 g/mol. The number of primary sulfonamides is 1. The van der Waals surface area contributed by atoms with Crippen LogP contribution in [0.1, 0.15) is 32.4 Å². The van der Waals surface area contributed by atoms with Gasteiger partial charge < -0.3 is 5.32 Å². The normalized spacial score (nSPS) is 12.1. The van der Waals surface area contributed by atoms with Crippen molar-refractivity contribution in [2.24, 2.45) is 11.1 Å². The maximum Gasteiger partial charge on any atom is 0.249 e. The largest absolute Gasteiger partial charge is 0.361 e. The summed E-state index contributed by atoms with van der Waals surface area (Å²) in [7, 11) is -3.65. The zero-order valence-electron chi connectivity index (χ0n) is 10.4. The van der Waals surface area contributed by atoms with E-state index in [1.165, 1.54) is 0 Å². The number of rotatable bonds is 6. The summed E-state index contributed by atoms with van der Waals surface area (Å²) in [6, 6.07) is 0. The van der Waals surface area contributed by atoms with Crippen molar-refractivity contribution >= 4 is 26.5 Å². The first-order valence-corrected chi connectivity index (χ1v) is 7.98. The summed E-state index contributed by atoms with van der Waals surface area (Å²) in [6.07, 6.45) is 2.19. The van der Waals surface area contributed by atoms with Gasteiger partial charge in [-0.2, -0.15) is 0 Å². The van der Waals surface area contributed by atoms with E-state index in [0.29, 0.717) is 16.7 Å². The van der Waals surface area contributed by atoms with Crippen molar-refractivity contribution in [1.82, 2.24) is 4.98 Å². The van der Waals surface area contributed by atoms with Gasteiger partial charge >= 0.3 is 0 Å². The van der Waals surface area contributed by atoms with Gasteiger partial charge in [-0.1, -0.05) is 38.0 Å². The molecule has 0 bridgehead atoms. The average Bonchev–Trinajstić information content (AvgIpc) is 2.61. The van der Waals surface area contributed by atoms with Gasteiger partial charge in [-0.25, -0.2) is 18.5 Å². The highest BCUT2D eigenvalue weighted by Crippen LogP contribution is 2.26. The molecule has 0 aromatic carbocycles. The molecule has 0 fully saturated rings. The zero-order valence-corrected chi connectivity index (χ0v) is 12.0. The predicted molar refractivity (Wildman–Crippen MR) is 70.8 cm³/mol. The van der Waals surface area contributed by atoms with Crippen molar-refractivity contribution in [2.45, 2.75) is 37.8 Å². The summed E-state index contributed by atoms with van der Waals surface area (Å²) in [5.74, 6) is 0.581. The fourth-order valence-corrected chi connectivity index (χ4v) is 3.40. The fraction of sp³-hybridized carbons (Fsp3) is 0.700. The van der Waals surface area contributed by atoms with Crippen molar-refractivity contribution in [2.75, 3.05) is 11.9 Å². The molecule has 0 radical (unpaired) electrons. The maximum atomic E-state index is 11.2. The van der Waals surface area contributed by atoms with Crippen LogP contribution in [0.5, 0.6) is 0 Å². The van der Waals surface area contributed by atoms with Crippen molar-refractivity contribution < 1.29 is 8.42 Å². The van der Waals surface area contributed by atoms with Crippen LogP contribution in [-0.2, 0) is 10.0 Å². The summed E-state index contributed by atoms with van der Waals surface area (Å²) in [5.41, 5.74) is 0.463. The Bertz CT molecular complexity index is 464. The maximum absolute atomic E-state index is 11.2. The lowest BCUT2D eigenvalue weighted by atomic mass is 10.0. The number of nitrogens with one attached hydrogen (secondary N) is 1. The second kappa shape index (κ2) is 5.79. The first-order valence-electron chi connectivity index (χ1n) is 5.62. The van der Waals surface area contributed by atoms with E-state index < -0.39 is 10.0 Å². The van der Waals surface area contributed by atoms with Gasteiger partial charge in [0.05, 0.1) is 5.69 Å². The SMILES string of the molecule is CCC(CC)CNc1nc(C)c(S(N)(=O)=O)s1. The molecule has 0 amide bonds. The Morgan fingerprint density at radius 3 is 2.41 bits per heavy atom. The number of sulfonamides is 1. The van der Waals surface area contributed by atoms with Gasteiger partial charge in [-0.05, 0) is 12.8 Å². The first kappa shape index (κ1) is 14.4. The molecule has 0 unspecified atom stereocenters. The Morgan fingerprint density at radius 1 is 1.41 bits per heavy atom. The van der Waals surface area contributed by atoms with Gasteiger partial charge in [0.15, 0.2) is 9.34 Å². The van der Waals surface area contributed by atoms with E-state index >= 15 is 0 Å². The van der Waals surface area contributed by atoms with Crippen molar-refractivity contribution in [3.05, 3.63) is 5.69 Å². The van der Waals surface area contributed by atoms with Gasteiger partial charge in [-0.15, -0.1) is 0 Å². The topological polar surface area (TPSA) is 85.1 Å². The molecule has 0 spiro atoms. The molecule has 0 aliphatic carbocycles. The number of anilines is 1. The van der Waals surface area contributed by atoms with Crippen LogP contribution in [-0.4, -0.2) is 19.9 Å². The lowest BCUT2D eigenvalue weighted by Crippen LogP contribution is -2.12. The standard InChI is InChI=1S/C10H19N3O2S2/c1-4-8(5-2)6-12-10-13-7(3)9(16-10)17(11,14)15/h8H,4-6H2,1-3H3,(H,12,13)(H2,11,14,15). The summed E-state index contributed by atoms with van der Waals surface area (Å²) in [6.45, 7) is 6.74. The quantitative estimate of drug-likeness (QED) is 0.832. The lowest BCUT2D eigenvalue weighted by Gasteiger charge is -2.11. The van der Waals surface area contributed by atoms with Gasteiger partial charge in [-0.3, -0.25) is 0 Å². The summed E-state index contributed by atoms with van der Waals surface area (Å²) in [5, 5.41) is 8.88. The number of hydrogen-bond donors (Lipinski definition) is 2. The van der Waals surface area contributed by atoms with E-state index in [1.807, 2.05) is 0 Å². The monoisotopic (exact) mass is 277 g/mol. The van der Waals surface area contributed by atoms with Crippen molar-refractivity contribution in [3.8, 4) is 0 Å². The third-order valence-corrected chi connectivity index (χ3v) is 5.38. The van der Waals surface area contributed by atoms with E-state index in [1.54, 1.807) is 6.92 Å². The Hall–Kier alpha value is -0.660. The van der Waals surface area contributed by atoms with Crippen LogP contribution in [0.25, 0.3) is 0 Å². The number of hydrogen-bond acceptors (Lipinski definition) is 5. The van der Waals surface area contributed by atoms with E-state index in [0.717, 1.165) is 30.7 Å². The van der Waals surface area contributed by atoms with Crippen molar-refractivity contribution in [3.63, 3.8) is 0 Å². The predicted octanol–water partition coefficient (Wildman–Crippen LogP) is 1.95. The third-order valence-electron chi connectivity index (χ3n) is 2.71. The molecule has 17 heavy (non-hydrogen) atoms. The van der Waals surface area contributed by atoms with Crippen LogP contribution in [0.15, 0.2) is 4.21 Å². The van der Waals surface area contributed by atoms with Crippen LogP contribution in [0.3, 0.4) is 0 Å². The van der Waals surface area contributed by atoms with E-state index in [9.17, 15) is 8.42 Å². The highest BCUT2D eigenvalue weighted by atomic mass is 32.2. The minimum absolute atomic E-state index is 0.143. The summed E-state index contributed by atoms with van der Waals surface area (Å²) < 4.78 is 22.6. The molecule has 1 aromatic rings. The smallest absolute Gasteiger partial charge is 0.249 e. The fourth-order valence-electron chi connectivity index (χ4n) is 1.53. The van der Waals surface area contributed by atoms with E-state index in [2.05, 4.69) is 24.1 Å². The van der Waals surface area contributed by atoms with Gasteiger partial charge in [0.25, 0.3) is 0 Å². The molecule has 7 heteroatoms. The number of aryl methyl sites for hydroxylation is 1. The lowest BCUT2D eigenvalue weighted by molar-refractivity contribution is 0.519. The van der Waals surface area contributed by atoms with Gasteiger partial charge in [0.1, 0.15) is 0 Å². The highest BCUT2D eigenvalue weighted by Gasteiger charge is 2.17. The van der Waals surface area contributed by atoms with E-state index in [-0.39, 0.29) is 4.21 Å². The molecule has 0 aliphatic rings.